The lowest BCUT2D eigenvalue weighted by Crippen LogP contribution is -2.00. The quantitative estimate of drug-likeness (QED) is 0.569. The monoisotopic (exact) mass is 348 g/mol. The van der Waals surface area contributed by atoms with E-state index in [0.29, 0.717) is 12.4 Å². The Hall–Kier alpha value is -3.27. The Morgan fingerprint density at radius 3 is 2.04 bits per heavy atom. The third-order valence-electron chi connectivity index (χ3n) is 3.88. The van der Waals surface area contributed by atoms with E-state index in [1.165, 1.54) is 5.56 Å². The molecule has 0 aromatic heterocycles. The van der Waals surface area contributed by atoms with Crippen LogP contribution in [0.3, 0.4) is 0 Å². The maximum Gasteiger partial charge on any atom is 0.335 e. The van der Waals surface area contributed by atoms with Gasteiger partial charge < -0.3 is 14.6 Å². The minimum atomic E-state index is -0.934. The minimum absolute atomic E-state index is 0.259. The van der Waals surface area contributed by atoms with Crippen LogP contribution in [0.4, 0.5) is 0 Å². The molecule has 0 amide bonds. The fourth-order valence-corrected chi connectivity index (χ4v) is 2.51. The van der Waals surface area contributed by atoms with Crippen molar-refractivity contribution in [2.45, 2.75) is 12.8 Å². The molecule has 132 valence electrons. The summed E-state index contributed by atoms with van der Waals surface area (Å²) in [7, 11) is 0. The third kappa shape index (κ3) is 5.11. The van der Waals surface area contributed by atoms with Gasteiger partial charge in [-0.05, 0) is 66.9 Å². The number of para-hydroxylation sites is 1. The van der Waals surface area contributed by atoms with Crippen LogP contribution in [0, 0.1) is 0 Å². The van der Waals surface area contributed by atoms with Gasteiger partial charge in [0.2, 0.25) is 0 Å². The van der Waals surface area contributed by atoms with Crippen molar-refractivity contribution in [2.24, 2.45) is 0 Å². The lowest BCUT2D eigenvalue weighted by molar-refractivity contribution is 0.0697. The van der Waals surface area contributed by atoms with E-state index in [4.69, 9.17) is 14.6 Å². The molecule has 3 rings (SSSR count). The molecule has 3 aromatic carbocycles. The van der Waals surface area contributed by atoms with Crippen LogP contribution in [0.1, 0.15) is 22.3 Å². The highest BCUT2D eigenvalue weighted by atomic mass is 16.5. The highest BCUT2D eigenvalue weighted by Crippen LogP contribution is 2.21. The van der Waals surface area contributed by atoms with E-state index in [1.807, 2.05) is 42.5 Å². The molecule has 0 spiro atoms. The van der Waals surface area contributed by atoms with Gasteiger partial charge in [0.1, 0.15) is 17.2 Å². The number of carbonyl (C=O) groups is 1. The van der Waals surface area contributed by atoms with Crippen molar-refractivity contribution in [3.05, 3.63) is 90.0 Å². The molecule has 3 aromatic rings. The second-order valence-electron chi connectivity index (χ2n) is 5.84. The zero-order valence-electron chi connectivity index (χ0n) is 14.3. The van der Waals surface area contributed by atoms with E-state index in [2.05, 4.69) is 12.1 Å². The first-order valence-electron chi connectivity index (χ1n) is 8.49. The second-order valence-corrected chi connectivity index (χ2v) is 5.84. The van der Waals surface area contributed by atoms with Gasteiger partial charge in [-0.2, -0.15) is 0 Å². The summed E-state index contributed by atoms with van der Waals surface area (Å²) in [6.07, 6.45) is 1.78. The molecule has 0 atom stereocenters. The number of rotatable bonds is 8. The lowest BCUT2D eigenvalue weighted by atomic mass is 10.1. The normalized spacial score (nSPS) is 10.3. The van der Waals surface area contributed by atoms with E-state index < -0.39 is 5.97 Å². The zero-order valence-corrected chi connectivity index (χ0v) is 14.3. The molecule has 26 heavy (non-hydrogen) atoms. The summed E-state index contributed by atoms with van der Waals surface area (Å²) in [5.74, 6) is 1.38. The summed E-state index contributed by atoms with van der Waals surface area (Å²) in [6, 6.07) is 24.2. The number of carboxylic acids is 1. The van der Waals surface area contributed by atoms with Gasteiger partial charge >= 0.3 is 5.97 Å². The molecule has 0 bridgehead atoms. The van der Waals surface area contributed by atoms with Crippen LogP contribution < -0.4 is 9.47 Å². The second kappa shape index (κ2) is 8.72. The first-order chi connectivity index (χ1) is 12.7. The summed E-state index contributed by atoms with van der Waals surface area (Å²) in [4.78, 5) is 10.8. The van der Waals surface area contributed by atoms with Crippen LogP contribution in [0.2, 0.25) is 0 Å². The molecular weight excluding hydrogens is 328 g/mol. The smallest absolute Gasteiger partial charge is 0.335 e. The maximum atomic E-state index is 10.8. The number of hydrogen-bond acceptors (Lipinski definition) is 3. The minimum Gasteiger partial charge on any atom is -0.494 e. The molecule has 0 saturated carbocycles. The molecule has 4 nitrogen and oxygen atoms in total. The number of aryl methyl sites for hydroxylation is 1. The Bertz CT molecular complexity index is 824. The van der Waals surface area contributed by atoms with Gasteiger partial charge in [-0.15, -0.1) is 0 Å². The van der Waals surface area contributed by atoms with E-state index >= 15 is 0 Å². The Labute approximate surface area is 152 Å². The Balaban J connectivity index is 1.42. The summed E-state index contributed by atoms with van der Waals surface area (Å²) in [5.41, 5.74) is 1.48. The van der Waals surface area contributed by atoms with Gasteiger partial charge in [0.05, 0.1) is 12.2 Å². The molecule has 0 aliphatic rings. The molecule has 1 N–H and O–H groups in total. The number of aromatic carboxylic acids is 1. The van der Waals surface area contributed by atoms with Gasteiger partial charge in [0.25, 0.3) is 0 Å². The molecule has 0 saturated heterocycles. The van der Waals surface area contributed by atoms with Crippen LogP contribution >= 0.6 is 0 Å². The predicted molar refractivity (Wildman–Crippen MR) is 100 cm³/mol. The number of ether oxygens (including phenoxy) is 2. The van der Waals surface area contributed by atoms with Gasteiger partial charge in [0.15, 0.2) is 0 Å². The van der Waals surface area contributed by atoms with Crippen LogP contribution in [0.5, 0.6) is 17.2 Å². The van der Waals surface area contributed by atoms with E-state index in [0.717, 1.165) is 24.3 Å². The van der Waals surface area contributed by atoms with Crippen molar-refractivity contribution in [1.29, 1.82) is 0 Å². The third-order valence-corrected chi connectivity index (χ3v) is 3.88. The van der Waals surface area contributed by atoms with Crippen molar-refractivity contribution in [3.8, 4) is 17.2 Å². The topological polar surface area (TPSA) is 55.8 Å². The number of carboxylic acid groups (broad SMARTS) is 1. The molecule has 0 aliphatic heterocycles. The van der Waals surface area contributed by atoms with Gasteiger partial charge in [-0.25, -0.2) is 4.79 Å². The number of hydrogen-bond donors (Lipinski definition) is 1. The van der Waals surface area contributed by atoms with Crippen molar-refractivity contribution < 1.29 is 19.4 Å². The fraction of sp³-hybridized carbons (Fsp3) is 0.136. The highest BCUT2D eigenvalue weighted by molar-refractivity contribution is 5.87. The Morgan fingerprint density at radius 2 is 1.38 bits per heavy atom. The number of benzene rings is 3. The first kappa shape index (κ1) is 17.5. The van der Waals surface area contributed by atoms with Crippen LogP contribution in [-0.4, -0.2) is 17.7 Å². The van der Waals surface area contributed by atoms with E-state index in [1.54, 1.807) is 24.3 Å². The van der Waals surface area contributed by atoms with Crippen LogP contribution in [0.25, 0.3) is 0 Å². The Kier molecular flexibility index (Phi) is 5.88. The predicted octanol–water partition coefficient (Wildman–Crippen LogP) is 5.19. The van der Waals surface area contributed by atoms with Crippen molar-refractivity contribution in [2.75, 3.05) is 6.61 Å². The van der Waals surface area contributed by atoms with E-state index in [-0.39, 0.29) is 5.56 Å². The van der Waals surface area contributed by atoms with Gasteiger partial charge in [0, 0.05) is 0 Å². The lowest BCUT2D eigenvalue weighted by Gasteiger charge is -2.08. The average Bonchev–Trinajstić information content (AvgIpc) is 2.68. The van der Waals surface area contributed by atoms with Crippen molar-refractivity contribution in [3.63, 3.8) is 0 Å². The SMILES string of the molecule is O=C(O)c1ccc(OCCCc2ccc(Oc3ccccc3)cc2)cc1. The fourth-order valence-electron chi connectivity index (χ4n) is 2.51. The average molecular weight is 348 g/mol. The van der Waals surface area contributed by atoms with Crippen LogP contribution in [0.15, 0.2) is 78.9 Å². The molecule has 0 heterocycles. The molecule has 0 radical (unpaired) electrons. The molecule has 4 heteroatoms. The molecule has 0 fully saturated rings. The summed E-state index contributed by atoms with van der Waals surface area (Å²) >= 11 is 0. The van der Waals surface area contributed by atoms with E-state index in [9.17, 15) is 4.79 Å². The highest BCUT2D eigenvalue weighted by Gasteiger charge is 2.02. The van der Waals surface area contributed by atoms with Gasteiger partial charge in [-0.3, -0.25) is 0 Å². The summed E-state index contributed by atoms with van der Waals surface area (Å²) in [5, 5.41) is 8.87. The van der Waals surface area contributed by atoms with Crippen molar-refractivity contribution in [1.82, 2.24) is 0 Å². The molecule has 0 aliphatic carbocycles. The van der Waals surface area contributed by atoms with Crippen molar-refractivity contribution >= 4 is 5.97 Å². The molecule has 0 unspecified atom stereocenters. The first-order valence-corrected chi connectivity index (χ1v) is 8.49. The maximum absolute atomic E-state index is 10.8. The Morgan fingerprint density at radius 1 is 0.769 bits per heavy atom. The zero-order chi connectivity index (χ0) is 18.2. The summed E-state index contributed by atoms with van der Waals surface area (Å²) in [6.45, 7) is 0.578. The van der Waals surface area contributed by atoms with Gasteiger partial charge in [-0.1, -0.05) is 30.3 Å². The molecular formula is C22H20O4. The standard InChI is InChI=1S/C22H20O4/c23-22(24)18-10-14-19(15-11-18)25-16-4-5-17-8-12-21(13-9-17)26-20-6-2-1-3-7-20/h1-3,6-15H,4-5,16H2,(H,23,24). The largest absolute Gasteiger partial charge is 0.494 e. The summed E-state index contributed by atoms with van der Waals surface area (Å²) < 4.78 is 11.4. The van der Waals surface area contributed by atoms with Crippen LogP contribution in [-0.2, 0) is 6.42 Å².